The van der Waals surface area contributed by atoms with Crippen LogP contribution in [0.25, 0.3) is 0 Å². The first-order chi connectivity index (χ1) is 7.27. The zero-order valence-electron chi connectivity index (χ0n) is 7.80. The van der Waals surface area contributed by atoms with Crippen LogP contribution in [0.1, 0.15) is 5.56 Å². The number of aromatic nitrogens is 2. The van der Waals surface area contributed by atoms with E-state index in [0.29, 0.717) is 16.6 Å². The Morgan fingerprint density at radius 3 is 2.93 bits per heavy atom. The number of nitrogens with zero attached hydrogens (tertiary/aromatic N) is 1. The maximum Gasteiger partial charge on any atom is 0.0726 e. The number of halogens is 2. The van der Waals surface area contributed by atoms with Crippen molar-refractivity contribution in [3.05, 3.63) is 46.2 Å². The molecule has 0 fully saturated rings. The molecule has 2 N–H and O–H groups in total. The van der Waals surface area contributed by atoms with Crippen molar-refractivity contribution in [2.24, 2.45) is 0 Å². The third-order valence-electron chi connectivity index (χ3n) is 2.01. The van der Waals surface area contributed by atoms with Gasteiger partial charge in [0.05, 0.1) is 21.9 Å². The molecule has 0 aliphatic rings. The summed E-state index contributed by atoms with van der Waals surface area (Å²) in [6, 6.07) is 5.58. The lowest BCUT2D eigenvalue weighted by Gasteiger charge is -2.06. The van der Waals surface area contributed by atoms with Gasteiger partial charge in [-0.05, 0) is 11.6 Å². The van der Waals surface area contributed by atoms with Crippen LogP contribution < -0.4 is 5.32 Å². The lowest BCUT2D eigenvalue weighted by molar-refractivity contribution is 1.09. The van der Waals surface area contributed by atoms with Crippen molar-refractivity contribution in [2.45, 2.75) is 6.54 Å². The lowest BCUT2D eigenvalue weighted by atomic mass is 10.2. The Kier molecular flexibility index (Phi) is 3.14. The number of anilines is 1. The van der Waals surface area contributed by atoms with Gasteiger partial charge in [0.15, 0.2) is 0 Å². The molecule has 0 spiro atoms. The molecule has 3 nitrogen and oxygen atoms in total. The highest BCUT2D eigenvalue weighted by Crippen LogP contribution is 2.25. The molecule has 0 unspecified atom stereocenters. The average molecular weight is 242 g/mol. The molecule has 0 amide bonds. The number of rotatable bonds is 3. The van der Waals surface area contributed by atoms with E-state index in [4.69, 9.17) is 23.2 Å². The second kappa shape index (κ2) is 4.55. The first-order valence-corrected chi connectivity index (χ1v) is 5.18. The quantitative estimate of drug-likeness (QED) is 0.866. The zero-order valence-corrected chi connectivity index (χ0v) is 9.31. The van der Waals surface area contributed by atoms with E-state index < -0.39 is 0 Å². The molecule has 5 heteroatoms. The molecule has 1 aromatic heterocycles. The molecule has 0 aliphatic heterocycles. The minimum absolute atomic E-state index is 0.572. The Morgan fingerprint density at radius 2 is 2.20 bits per heavy atom. The topological polar surface area (TPSA) is 40.7 Å². The van der Waals surface area contributed by atoms with Gasteiger partial charge in [-0.25, -0.2) is 0 Å². The Hall–Kier alpha value is -1.19. The van der Waals surface area contributed by atoms with Gasteiger partial charge in [-0.15, -0.1) is 0 Å². The molecule has 1 heterocycles. The lowest BCUT2D eigenvalue weighted by Crippen LogP contribution is -1.99. The molecular formula is C10H9Cl2N3. The monoisotopic (exact) mass is 241 g/mol. The summed E-state index contributed by atoms with van der Waals surface area (Å²) >= 11 is 11.9. The number of H-pyrrole nitrogens is 1. The van der Waals surface area contributed by atoms with Crippen LogP contribution in [0.5, 0.6) is 0 Å². The second-order valence-corrected chi connectivity index (χ2v) is 3.84. The van der Waals surface area contributed by atoms with Crippen LogP contribution in [0.4, 0.5) is 5.69 Å². The fourth-order valence-electron chi connectivity index (χ4n) is 1.23. The summed E-state index contributed by atoms with van der Waals surface area (Å²) in [6.07, 6.45) is 3.48. The van der Waals surface area contributed by atoms with Gasteiger partial charge >= 0.3 is 0 Å². The highest BCUT2D eigenvalue weighted by atomic mass is 35.5. The molecule has 0 bridgehead atoms. The van der Waals surface area contributed by atoms with E-state index in [1.54, 1.807) is 18.5 Å². The van der Waals surface area contributed by atoms with Gasteiger partial charge in [0.25, 0.3) is 0 Å². The Bertz CT molecular complexity index is 440. The van der Waals surface area contributed by atoms with Crippen molar-refractivity contribution in [1.29, 1.82) is 0 Å². The number of hydrogen-bond donors (Lipinski definition) is 2. The van der Waals surface area contributed by atoms with E-state index in [-0.39, 0.29) is 0 Å². The normalized spacial score (nSPS) is 10.3. The van der Waals surface area contributed by atoms with Crippen molar-refractivity contribution < 1.29 is 0 Å². The molecule has 2 aromatic rings. The summed E-state index contributed by atoms with van der Waals surface area (Å²) in [7, 11) is 0. The number of hydrogen-bond acceptors (Lipinski definition) is 2. The van der Waals surface area contributed by atoms with Crippen LogP contribution in [0.15, 0.2) is 30.6 Å². The first-order valence-electron chi connectivity index (χ1n) is 4.43. The average Bonchev–Trinajstić information content (AvgIpc) is 2.73. The predicted octanol–water partition coefficient (Wildman–Crippen LogP) is 3.33. The summed E-state index contributed by atoms with van der Waals surface area (Å²) in [5, 5.41) is 10.9. The standard InChI is InChI=1S/C10H9Cl2N3/c11-9-3-1-2-7(10(9)12)4-13-8-5-14-15-6-8/h1-3,5-6,13H,4H2,(H,14,15). The van der Waals surface area contributed by atoms with Gasteiger partial charge in [-0.2, -0.15) is 5.10 Å². The van der Waals surface area contributed by atoms with E-state index in [9.17, 15) is 0 Å². The highest BCUT2D eigenvalue weighted by molar-refractivity contribution is 6.42. The van der Waals surface area contributed by atoms with Gasteiger partial charge in [-0.1, -0.05) is 35.3 Å². The summed E-state index contributed by atoms with van der Waals surface area (Å²) in [5.74, 6) is 0. The van der Waals surface area contributed by atoms with Crippen molar-refractivity contribution in [1.82, 2.24) is 10.2 Å². The van der Waals surface area contributed by atoms with Gasteiger partial charge in [0.1, 0.15) is 0 Å². The third-order valence-corrected chi connectivity index (χ3v) is 2.87. The summed E-state index contributed by atoms with van der Waals surface area (Å²) in [4.78, 5) is 0. The fourth-order valence-corrected chi connectivity index (χ4v) is 1.62. The summed E-state index contributed by atoms with van der Waals surface area (Å²) in [6.45, 7) is 0.624. The van der Waals surface area contributed by atoms with Crippen molar-refractivity contribution in [3.8, 4) is 0 Å². The number of benzene rings is 1. The van der Waals surface area contributed by atoms with Gasteiger partial charge in [0, 0.05) is 12.7 Å². The molecule has 1 aromatic carbocycles. The molecule has 78 valence electrons. The molecule has 0 saturated heterocycles. The van der Waals surface area contributed by atoms with Crippen LogP contribution in [0.2, 0.25) is 10.0 Å². The fraction of sp³-hybridized carbons (Fsp3) is 0.100. The van der Waals surface area contributed by atoms with Crippen molar-refractivity contribution >= 4 is 28.9 Å². The Labute approximate surface area is 97.4 Å². The van der Waals surface area contributed by atoms with Crippen LogP contribution >= 0.6 is 23.2 Å². The number of aromatic amines is 1. The molecule has 0 saturated carbocycles. The van der Waals surface area contributed by atoms with E-state index in [1.807, 2.05) is 12.1 Å². The van der Waals surface area contributed by atoms with E-state index in [1.165, 1.54) is 0 Å². The van der Waals surface area contributed by atoms with Crippen molar-refractivity contribution in [3.63, 3.8) is 0 Å². The number of nitrogens with one attached hydrogen (secondary N) is 2. The van der Waals surface area contributed by atoms with E-state index >= 15 is 0 Å². The van der Waals surface area contributed by atoms with Crippen LogP contribution in [-0.2, 0) is 6.54 Å². The Morgan fingerprint density at radius 1 is 1.33 bits per heavy atom. The second-order valence-electron chi connectivity index (χ2n) is 3.05. The zero-order chi connectivity index (χ0) is 10.7. The largest absolute Gasteiger partial charge is 0.378 e. The molecular weight excluding hydrogens is 233 g/mol. The summed E-state index contributed by atoms with van der Waals surface area (Å²) < 4.78 is 0. The van der Waals surface area contributed by atoms with Gasteiger partial charge in [-0.3, -0.25) is 5.10 Å². The van der Waals surface area contributed by atoms with Gasteiger partial charge < -0.3 is 5.32 Å². The van der Waals surface area contributed by atoms with Crippen LogP contribution in [-0.4, -0.2) is 10.2 Å². The van der Waals surface area contributed by atoms with Gasteiger partial charge in [0.2, 0.25) is 0 Å². The smallest absolute Gasteiger partial charge is 0.0726 e. The van der Waals surface area contributed by atoms with Crippen molar-refractivity contribution in [2.75, 3.05) is 5.32 Å². The van der Waals surface area contributed by atoms with E-state index in [2.05, 4.69) is 15.5 Å². The maximum atomic E-state index is 6.04. The predicted molar refractivity (Wildman–Crippen MR) is 62.4 cm³/mol. The minimum atomic E-state index is 0.572. The van der Waals surface area contributed by atoms with Crippen LogP contribution in [0.3, 0.4) is 0 Å². The van der Waals surface area contributed by atoms with Crippen LogP contribution in [0, 0.1) is 0 Å². The highest BCUT2D eigenvalue weighted by Gasteiger charge is 2.03. The minimum Gasteiger partial charge on any atom is -0.378 e. The molecule has 2 rings (SSSR count). The molecule has 0 atom stereocenters. The molecule has 0 aliphatic carbocycles. The maximum absolute atomic E-state index is 6.04. The third kappa shape index (κ3) is 2.43. The molecule has 15 heavy (non-hydrogen) atoms. The first kappa shape index (κ1) is 10.3. The molecule has 0 radical (unpaired) electrons. The van der Waals surface area contributed by atoms with E-state index in [0.717, 1.165) is 11.3 Å². The Balaban J connectivity index is 2.08. The SMILES string of the molecule is Clc1cccc(CNc2cn[nH]c2)c1Cl. The summed E-state index contributed by atoms with van der Waals surface area (Å²) in [5.41, 5.74) is 1.89.